The molecule has 2 aromatic rings. The zero-order valence-electron chi connectivity index (χ0n) is 15.1. The zero-order chi connectivity index (χ0) is 19.4. The highest BCUT2D eigenvalue weighted by Gasteiger charge is 2.39. The van der Waals surface area contributed by atoms with Crippen LogP contribution in [0.5, 0.6) is 11.5 Å². The van der Waals surface area contributed by atoms with Gasteiger partial charge in [-0.3, -0.25) is 4.79 Å². The van der Waals surface area contributed by atoms with Crippen LogP contribution in [0.25, 0.3) is 0 Å². The SMILES string of the molecule is C=C1NC(=O)N[C@@H](c2ccccc2OC)[C@H]1C(=O)Nc1ccccc1OC. The molecule has 0 radical (unpaired) electrons. The maximum atomic E-state index is 13.1. The molecule has 0 spiro atoms. The number of hydrogen-bond donors (Lipinski definition) is 3. The number of benzene rings is 2. The predicted octanol–water partition coefficient (Wildman–Crippen LogP) is 2.83. The smallest absolute Gasteiger partial charge is 0.319 e. The Hall–Kier alpha value is -3.48. The van der Waals surface area contributed by atoms with Gasteiger partial charge in [0.1, 0.15) is 17.4 Å². The highest BCUT2D eigenvalue weighted by Crippen LogP contribution is 2.36. The van der Waals surface area contributed by atoms with Crippen LogP contribution in [-0.2, 0) is 4.79 Å². The van der Waals surface area contributed by atoms with Crippen molar-refractivity contribution in [2.24, 2.45) is 5.92 Å². The van der Waals surface area contributed by atoms with Crippen LogP contribution < -0.4 is 25.4 Å². The van der Waals surface area contributed by atoms with Crippen LogP contribution >= 0.6 is 0 Å². The van der Waals surface area contributed by atoms with Crippen molar-refractivity contribution in [1.82, 2.24) is 10.6 Å². The van der Waals surface area contributed by atoms with Crippen molar-refractivity contribution in [2.45, 2.75) is 6.04 Å². The van der Waals surface area contributed by atoms with Crippen LogP contribution in [0.15, 0.2) is 60.8 Å². The van der Waals surface area contributed by atoms with E-state index in [2.05, 4.69) is 22.5 Å². The number of carbonyl (C=O) groups excluding carboxylic acids is 2. The molecule has 0 aliphatic carbocycles. The number of urea groups is 1. The molecule has 140 valence electrons. The minimum Gasteiger partial charge on any atom is -0.496 e. The first-order valence-electron chi connectivity index (χ1n) is 8.38. The first-order valence-corrected chi connectivity index (χ1v) is 8.38. The number of carbonyl (C=O) groups is 2. The molecule has 0 saturated carbocycles. The summed E-state index contributed by atoms with van der Waals surface area (Å²) in [7, 11) is 3.07. The van der Waals surface area contributed by atoms with E-state index in [1.807, 2.05) is 24.3 Å². The molecule has 1 fully saturated rings. The quantitative estimate of drug-likeness (QED) is 0.758. The van der Waals surface area contributed by atoms with Crippen LogP contribution in [0, 0.1) is 5.92 Å². The molecule has 1 saturated heterocycles. The summed E-state index contributed by atoms with van der Waals surface area (Å²) >= 11 is 0. The predicted molar refractivity (Wildman–Crippen MR) is 102 cm³/mol. The Labute approximate surface area is 157 Å². The van der Waals surface area contributed by atoms with Crippen molar-refractivity contribution < 1.29 is 19.1 Å². The van der Waals surface area contributed by atoms with Gasteiger partial charge < -0.3 is 25.4 Å². The number of rotatable bonds is 5. The Morgan fingerprint density at radius 2 is 1.67 bits per heavy atom. The van der Waals surface area contributed by atoms with E-state index >= 15 is 0 Å². The third-order valence-electron chi connectivity index (χ3n) is 4.39. The van der Waals surface area contributed by atoms with Crippen LogP contribution in [0.4, 0.5) is 10.5 Å². The van der Waals surface area contributed by atoms with Crippen molar-refractivity contribution >= 4 is 17.6 Å². The summed E-state index contributed by atoms with van der Waals surface area (Å²) in [4.78, 5) is 25.1. The van der Waals surface area contributed by atoms with Crippen LogP contribution in [0.1, 0.15) is 11.6 Å². The van der Waals surface area contributed by atoms with Crippen molar-refractivity contribution in [3.05, 3.63) is 66.4 Å². The van der Waals surface area contributed by atoms with Gasteiger partial charge in [-0.05, 0) is 18.2 Å². The van der Waals surface area contributed by atoms with Gasteiger partial charge in [0.15, 0.2) is 0 Å². The van der Waals surface area contributed by atoms with Gasteiger partial charge in [-0.25, -0.2) is 4.79 Å². The third kappa shape index (κ3) is 3.72. The van der Waals surface area contributed by atoms with Crippen LogP contribution in [0.3, 0.4) is 0 Å². The summed E-state index contributed by atoms with van der Waals surface area (Å²) in [5.74, 6) is 0.0440. The molecule has 0 unspecified atom stereocenters. The van der Waals surface area contributed by atoms with E-state index in [0.717, 1.165) is 0 Å². The van der Waals surface area contributed by atoms with Gasteiger partial charge in [-0.2, -0.15) is 0 Å². The van der Waals surface area contributed by atoms with Gasteiger partial charge in [-0.15, -0.1) is 0 Å². The average Bonchev–Trinajstić information content (AvgIpc) is 2.67. The monoisotopic (exact) mass is 367 g/mol. The third-order valence-corrected chi connectivity index (χ3v) is 4.39. The highest BCUT2D eigenvalue weighted by atomic mass is 16.5. The molecule has 2 aromatic carbocycles. The Kier molecular flexibility index (Phi) is 5.30. The first kappa shape index (κ1) is 18.3. The minimum absolute atomic E-state index is 0.307. The summed E-state index contributed by atoms with van der Waals surface area (Å²) in [6.07, 6.45) is 0. The Morgan fingerprint density at radius 1 is 1.04 bits per heavy atom. The highest BCUT2D eigenvalue weighted by molar-refractivity contribution is 5.98. The molecule has 3 rings (SSSR count). The number of hydrogen-bond acceptors (Lipinski definition) is 4. The van der Waals surface area contributed by atoms with E-state index in [1.54, 1.807) is 31.4 Å². The molecule has 2 atom stereocenters. The van der Waals surface area contributed by atoms with Crippen LogP contribution in [-0.4, -0.2) is 26.2 Å². The fraction of sp³-hybridized carbons (Fsp3) is 0.200. The lowest BCUT2D eigenvalue weighted by Gasteiger charge is -2.34. The molecule has 1 aliphatic heterocycles. The standard InChI is InChI=1S/C20H21N3O4/c1-12-17(19(24)22-14-9-5-7-11-16(14)27-3)18(23-20(25)21-12)13-8-4-6-10-15(13)26-2/h4-11,17-18H,1H2,2-3H3,(H,22,24)(H2,21,23,25)/t17-,18-/m0/s1. The molecule has 3 amide bonds. The van der Waals surface area contributed by atoms with E-state index in [1.165, 1.54) is 7.11 Å². The number of nitrogens with one attached hydrogen (secondary N) is 3. The largest absolute Gasteiger partial charge is 0.496 e. The molecule has 0 aromatic heterocycles. The number of amides is 3. The molecule has 7 heteroatoms. The minimum atomic E-state index is -0.746. The second-order valence-electron chi connectivity index (χ2n) is 6.01. The number of ether oxygens (including phenoxy) is 2. The van der Waals surface area contributed by atoms with E-state index in [-0.39, 0.29) is 5.91 Å². The Bertz CT molecular complexity index is 881. The lowest BCUT2D eigenvalue weighted by molar-refractivity contribution is -0.119. The van der Waals surface area contributed by atoms with Gasteiger partial charge in [0.25, 0.3) is 0 Å². The molecule has 7 nitrogen and oxygen atoms in total. The second-order valence-corrected chi connectivity index (χ2v) is 6.01. The van der Waals surface area contributed by atoms with Gasteiger partial charge >= 0.3 is 6.03 Å². The Balaban J connectivity index is 1.95. The normalized spacial score (nSPS) is 18.9. The number of methoxy groups -OCH3 is 2. The molecule has 3 N–H and O–H groups in total. The molecule has 0 bridgehead atoms. The summed E-state index contributed by atoms with van der Waals surface area (Å²) in [6.45, 7) is 3.88. The molecule has 1 heterocycles. The summed E-state index contributed by atoms with van der Waals surface area (Å²) in [5.41, 5.74) is 1.53. The zero-order valence-corrected chi connectivity index (χ0v) is 15.1. The van der Waals surface area contributed by atoms with Crippen molar-refractivity contribution in [2.75, 3.05) is 19.5 Å². The van der Waals surface area contributed by atoms with E-state index in [0.29, 0.717) is 28.4 Å². The lowest BCUT2D eigenvalue weighted by atomic mass is 9.87. The Morgan fingerprint density at radius 3 is 2.37 bits per heavy atom. The van der Waals surface area contributed by atoms with Gasteiger partial charge in [-0.1, -0.05) is 36.9 Å². The molecular formula is C20H21N3O4. The van der Waals surface area contributed by atoms with Gasteiger partial charge in [0.2, 0.25) is 5.91 Å². The second kappa shape index (κ2) is 7.82. The molecule has 27 heavy (non-hydrogen) atoms. The topological polar surface area (TPSA) is 88.7 Å². The molecular weight excluding hydrogens is 346 g/mol. The van der Waals surface area contributed by atoms with Crippen molar-refractivity contribution in [3.8, 4) is 11.5 Å². The lowest BCUT2D eigenvalue weighted by Crippen LogP contribution is -2.51. The fourth-order valence-electron chi connectivity index (χ4n) is 3.13. The number of para-hydroxylation sites is 3. The number of anilines is 1. The van der Waals surface area contributed by atoms with E-state index in [4.69, 9.17) is 9.47 Å². The van der Waals surface area contributed by atoms with E-state index < -0.39 is 18.0 Å². The van der Waals surface area contributed by atoms with Gasteiger partial charge in [0.05, 0.1) is 25.9 Å². The average molecular weight is 367 g/mol. The molecule has 1 aliphatic rings. The van der Waals surface area contributed by atoms with Gasteiger partial charge in [0, 0.05) is 11.3 Å². The maximum Gasteiger partial charge on any atom is 0.319 e. The fourth-order valence-corrected chi connectivity index (χ4v) is 3.13. The maximum absolute atomic E-state index is 13.1. The first-order chi connectivity index (χ1) is 13.0. The summed E-state index contributed by atoms with van der Waals surface area (Å²) < 4.78 is 10.7. The van der Waals surface area contributed by atoms with E-state index in [9.17, 15) is 9.59 Å². The summed E-state index contributed by atoms with van der Waals surface area (Å²) in [6, 6.07) is 13.3. The van der Waals surface area contributed by atoms with Crippen molar-refractivity contribution in [1.29, 1.82) is 0 Å². The summed E-state index contributed by atoms with van der Waals surface area (Å²) in [5, 5.41) is 8.24. The van der Waals surface area contributed by atoms with Crippen LogP contribution in [0.2, 0.25) is 0 Å². The van der Waals surface area contributed by atoms with Crippen molar-refractivity contribution in [3.63, 3.8) is 0 Å².